The number of nitrogens with zero attached hydrogens (tertiary/aromatic N) is 4. The molecule has 0 aliphatic carbocycles. The number of rotatable bonds is 3. The Hall–Kier alpha value is -1.89. The largest absolute Gasteiger partial charge is 0.363 e. The molecule has 0 aromatic carbocycles. The highest BCUT2D eigenvalue weighted by Crippen LogP contribution is 2.24. The SMILES string of the molecule is CN(C)c1cc(C(=O)N2CCNCC2c2cccnc2)ccn1.Cl.Cl. The van der Waals surface area contributed by atoms with Crippen LogP contribution in [0.5, 0.6) is 0 Å². The highest BCUT2D eigenvalue weighted by Gasteiger charge is 2.28. The number of anilines is 1. The highest BCUT2D eigenvalue weighted by molar-refractivity contribution is 5.95. The number of nitrogens with one attached hydrogen (secondary N) is 1. The maximum atomic E-state index is 13.0. The zero-order chi connectivity index (χ0) is 16.2. The second-order valence-corrected chi connectivity index (χ2v) is 5.80. The van der Waals surface area contributed by atoms with Crippen molar-refractivity contribution in [3.05, 3.63) is 54.0 Å². The lowest BCUT2D eigenvalue weighted by Crippen LogP contribution is -2.48. The number of pyridine rings is 2. The number of amides is 1. The fourth-order valence-electron chi connectivity index (χ4n) is 2.78. The first-order valence-corrected chi connectivity index (χ1v) is 7.72. The minimum Gasteiger partial charge on any atom is -0.363 e. The average molecular weight is 384 g/mol. The molecule has 3 rings (SSSR count). The van der Waals surface area contributed by atoms with Crippen LogP contribution in [-0.4, -0.2) is 54.5 Å². The lowest BCUT2D eigenvalue weighted by atomic mass is 10.0. The first-order valence-electron chi connectivity index (χ1n) is 7.72. The standard InChI is InChI=1S/C17H21N5O.2ClH/c1-21(2)16-10-13(5-7-20-16)17(23)22-9-8-19-12-15(22)14-4-3-6-18-11-14;;/h3-7,10-11,15,19H,8-9,12H2,1-2H3;2*1H. The van der Waals surface area contributed by atoms with Crippen molar-refractivity contribution in [1.82, 2.24) is 20.2 Å². The van der Waals surface area contributed by atoms with Crippen LogP contribution in [0.25, 0.3) is 0 Å². The summed E-state index contributed by atoms with van der Waals surface area (Å²) in [7, 11) is 3.83. The summed E-state index contributed by atoms with van der Waals surface area (Å²) in [5.74, 6) is 0.815. The van der Waals surface area contributed by atoms with Gasteiger partial charge in [-0.2, -0.15) is 0 Å². The molecule has 25 heavy (non-hydrogen) atoms. The van der Waals surface area contributed by atoms with Gasteiger partial charge in [0.25, 0.3) is 5.91 Å². The van der Waals surface area contributed by atoms with Crippen LogP contribution in [-0.2, 0) is 0 Å². The van der Waals surface area contributed by atoms with E-state index < -0.39 is 0 Å². The molecule has 0 bridgehead atoms. The Kier molecular flexibility index (Phi) is 8.09. The highest BCUT2D eigenvalue weighted by atomic mass is 35.5. The lowest BCUT2D eigenvalue weighted by molar-refractivity contribution is 0.0634. The van der Waals surface area contributed by atoms with E-state index in [0.717, 1.165) is 24.5 Å². The van der Waals surface area contributed by atoms with Crippen molar-refractivity contribution in [2.75, 3.05) is 38.6 Å². The van der Waals surface area contributed by atoms with Gasteiger partial charge in [-0.3, -0.25) is 9.78 Å². The average Bonchev–Trinajstić information content (AvgIpc) is 2.62. The third kappa shape index (κ3) is 4.81. The first-order chi connectivity index (χ1) is 11.2. The molecule has 1 fully saturated rings. The van der Waals surface area contributed by atoms with Crippen LogP contribution in [0.15, 0.2) is 42.9 Å². The number of hydrogen-bond donors (Lipinski definition) is 1. The lowest BCUT2D eigenvalue weighted by Gasteiger charge is -2.36. The van der Waals surface area contributed by atoms with Crippen LogP contribution < -0.4 is 10.2 Å². The van der Waals surface area contributed by atoms with Crippen LogP contribution in [0.1, 0.15) is 22.0 Å². The molecule has 1 atom stereocenters. The third-order valence-electron chi connectivity index (χ3n) is 4.02. The fraction of sp³-hybridized carbons (Fsp3) is 0.353. The fourth-order valence-corrected chi connectivity index (χ4v) is 2.78. The third-order valence-corrected chi connectivity index (χ3v) is 4.02. The van der Waals surface area contributed by atoms with Crippen molar-refractivity contribution in [1.29, 1.82) is 0 Å². The zero-order valence-electron chi connectivity index (χ0n) is 14.3. The molecule has 3 heterocycles. The quantitative estimate of drug-likeness (QED) is 0.879. The summed E-state index contributed by atoms with van der Waals surface area (Å²) < 4.78 is 0. The number of hydrogen-bond acceptors (Lipinski definition) is 5. The normalized spacial score (nSPS) is 16.4. The minimum absolute atomic E-state index is 0. The molecule has 1 aliphatic heterocycles. The van der Waals surface area contributed by atoms with E-state index >= 15 is 0 Å². The molecule has 0 saturated carbocycles. The number of carbonyl (C=O) groups excluding carboxylic acids is 1. The van der Waals surface area contributed by atoms with E-state index in [-0.39, 0.29) is 36.8 Å². The molecular formula is C17H23Cl2N5O. The molecule has 8 heteroatoms. The van der Waals surface area contributed by atoms with Crippen LogP contribution in [0, 0.1) is 0 Å². The Morgan fingerprint density at radius 2 is 2.08 bits per heavy atom. The summed E-state index contributed by atoms with van der Waals surface area (Å²) in [6, 6.07) is 7.54. The molecule has 136 valence electrons. The molecule has 1 aliphatic rings. The molecule has 1 amide bonds. The van der Waals surface area contributed by atoms with E-state index in [9.17, 15) is 4.79 Å². The second kappa shape index (κ2) is 9.56. The van der Waals surface area contributed by atoms with Crippen LogP contribution in [0.2, 0.25) is 0 Å². The van der Waals surface area contributed by atoms with Crippen molar-refractivity contribution >= 4 is 36.5 Å². The Morgan fingerprint density at radius 1 is 1.28 bits per heavy atom. The molecule has 0 radical (unpaired) electrons. The van der Waals surface area contributed by atoms with Crippen molar-refractivity contribution in [3.8, 4) is 0 Å². The summed E-state index contributed by atoms with van der Waals surface area (Å²) in [6.07, 6.45) is 5.26. The van der Waals surface area contributed by atoms with Gasteiger partial charge in [-0.25, -0.2) is 4.98 Å². The van der Waals surface area contributed by atoms with Gasteiger partial charge in [-0.05, 0) is 23.8 Å². The van der Waals surface area contributed by atoms with Gasteiger partial charge in [0, 0.05) is 57.9 Å². The van der Waals surface area contributed by atoms with E-state index in [4.69, 9.17) is 0 Å². The Bertz CT molecular complexity index is 684. The first kappa shape index (κ1) is 21.2. The van der Waals surface area contributed by atoms with Gasteiger partial charge in [-0.15, -0.1) is 24.8 Å². The Balaban J connectivity index is 0.00000156. The molecule has 2 aromatic heterocycles. The van der Waals surface area contributed by atoms with E-state index in [2.05, 4.69) is 15.3 Å². The summed E-state index contributed by atoms with van der Waals surface area (Å²) in [6.45, 7) is 2.22. The van der Waals surface area contributed by atoms with E-state index in [1.165, 1.54) is 0 Å². The van der Waals surface area contributed by atoms with Crippen molar-refractivity contribution in [3.63, 3.8) is 0 Å². The van der Waals surface area contributed by atoms with Crippen molar-refractivity contribution < 1.29 is 4.79 Å². The monoisotopic (exact) mass is 383 g/mol. The summed E-state index contributed by atoms with van der Waals surface area (Å²) >= 11 is 0. The second-order valence-electron chi connectivity index (χ2n) is 5.80. The Labute approximate surface area is 160 Å². The summed E-state index contributed by atoms with van der Waals surface area (Å²) in [4.78, 5) is 25.3. The molecule has 2 aromatic rings. The number of aromatic nitrogens is 2. The van der Waals surface area contributed by atoms with Crippen molar-refractivity contribution in [2.24, 2.45) is 0 Å². The van der Waals surface area contributed by atoms with Crippen LogP contribution in [0.3, 0.4) is 0 Å². The molecule has 1 saturated heterocycles. The zero-order valence-corrected chi connectivity index (χ0v) is 15.9. The molecule has 1 unspecified atom stereocenters. The summed E-state index contributed by atoms with van der Waals surface area (Å²) in [5.41, 5.74) is 1.72. The van der Waals surface area contributed by atoms with E-state index in [1.807, 2.05) is 48.3 Å². The van der Waals surface area contributed by atoms with Gasteiger partial charge < -0.3 is 15.1 Å². The number of carbonyl (C=O) groups is 1. The van der Waals surface area contributed by atoms with Crippen LogP contribution in [0.4, 0.5) is 5.82 Å². The predicted octanol–water partition coefficient (Wildman–Crippen LogP) is 2.17. The molecule has 6 nitrogen and oxygen atoms in total. The smallest absolute Gasteiger partial charge is 0.254 e. The van der Waals surface area contributed by atoms with E-state index in [1.54, 1.807) is 18.5 Å². The maximum absolute atomic E-state index is 13.0. The van der Waals surface area contributed by atoms with Gasteiger partial charge >= 0.3 is 0 Å². The minimum atomic E-state index is 0. The van der Waals surface area contributed by atoms with Gasteiger partial charge in [0.05, 0.1) is 6.04 Å². The summed E-state index contributed by atoms with van der Waals surface area (Å²) in [5, 5.41) is 3.36. The van der Waals surface area contributed by atoms with Gasteiger partial charge in [0.2, 0.25) is 0 Å². The maximum Gasteiger partial charge on any atom is 0.254 e. The topological polar surface area (TPSA) is 61.4 Å². The molecular weight excluding hydrogens is 361 g/mol. The van der Waals surface area contributed by atoms with Gasteiger partial charge in [-0.1, -0.05) is 6.07 Å². The van der Waals surface area contributed by atoms with Gasteiger partial charge in [0.15, 0.2) is 0 Å². The van der Waals surface area contributed by atoms with Crippen LogP contribution >= 0.6 is 24.8 Å². The Morgan fingerprint density at radius 3 is 2.76 bits per heavy atom. The van der Waals surface area contributed by atoms with Gasteiger partial charge in [0.1, 0.15) is 5.82 Å². The molecule has 0 spiro atoms. The number of halogens is 2. The van der Waals surface area contributed by atoms with Crippen molar-refractivity contribution in [2.45, 2.75) is 6.04 Å². The number of piperazine rings is 1. The predicted molar refractivity (Wildman–Crippen MR) is 104 cm³/mol. The molecule has 1 N–H and O–H groups in total. The van der Waals surface area contributed by atoms with E-state index in [0.29, 0.717) is 12.1 Å².